The summed E-state index contributed by atoms with van der Waals surface area (Å²) < 4.78 is 25.7. The molecule has 1 saturated heterocycles. The smallest absolute Gasteiger partial charge is 0.214 e. The Bertz CT molecular complexity index is 584. The third-order valence-electron chi connectivity index (χ3n) is 3.70. The number of sulfonamides is 1. The molecule has 0 radical (unpaired) electrons. The highest BCUT2D eigenvalue weighted by Gasteiger charge is 2.28. The van der Waals surface area contributed by atoms with E-state index in [1.807, 2.05) is 6.92 Å². The van der Waals surface area contributed by atoms with Gasteiger partial charge in [0.15, 0.2) is 0 Å². The molecule has 1 aromatic heterocycles. The second-order valence-corrected chi connectivity index (χ2v) is 9.86. The Morgan fingerprint density at radius 2 is 1.91 bits per heavy atom. The highest BCUT2D eigenvalue weighted by Crippen LogP contribution is 2.29. The number of nitrogens with zero attached hydrogens (tertiary/aromatic N) is 3. The molecule has 1 N–H and O–H groups in total. The average molecular weight is 347 g/mol. The fourth-order valence-corrected chi connectivity index (χ4v) is 4.84. The van der Waals surface area contributed by atoms with Crippen LogP contribution in [0.1, 0.15) is 52.0 Å². The molecule has 22 heavy (non-hydrogen) atoms. The van der Waals surface area contributed by atoms with Crippen molar-refractivity contribution >= 4 is 26.5 Å². The highest BCUT2D eigenvalue weighted by molar-refractivity contribution is 7.89. The Labute approximate surface area is 137 Å². The van der Waals surface area contributed by atoms with E-state index in [4.69, 9.17) is 0 Å². The molecule has 126 valence electrons. The Balaban J connectivity index is 1.89. The maximum absolute atomic E-state index is 12.0. The minimum absolute atomic E-state index is 0.00912. The van der Waals surface area contributed by atoms with Crippen molar-refractivity contribution in [2.75, 3.05) is 24.2 Å². The first-order chi connectivity index (χ1) is 10.2. The summed E-state index contributed by atoms with van der Waals surface area (Å²) in [6.07, 6.45) is 2.29. The van der Waals surface area contributed by atoms with E-state index in [1.54, 1.807) is 15.6 Å². The quantitative estimate of drug-likeness (QED) is 0.886. The number of rotatable bonds is 5. The van der Waals surface area contributed by atoms with Crippen LogP contribution in [-0.4, -0.2) is 47.8 Å². The highest BCUT2D eigenvalue weighted by atomic mass is 32.2. The lowest BCUT2D eigenvalue weighted by atomic mass is 9.98. The number of aromatic nitrogens is 2. The van der Waals surface area contributed by atoms with Crippen LogP contribution in [0.4, 0.5) is 5.13 Å². The zero-order chi connectivity index (χ0) is 16.4. The van der Waals surface area contributed by atoms with Gasteiger partial charge in [0.05, 0.1) is 5.75 Å². The van der Waals surface area contributed by atoms with Crippen molar-refractivity contribution in [3.63, 3.8) is 0 Å². The summed E-state index contributed by atoms with van der Waals surface area (Å²) in [6.45, 7) is 9.43. The van der Waals surface area contributed by atoms with E-state index in [0.29, 0.717) is 19.5 Å². The normalized spacial score (nSPS) is 18.5. The van der Waals surface area contributed by atoms with Gasteiger partial charge in [-0.15, -0.1) is 10.2 Å². The van der Waals surface area contributed by atoms with Gasteiger partial charge in [-0.1, -0.05) is 39.0 Å². The van der Waals surface area contributed by atoms with Crippen LogP contribution in [0, 0.1) is 0 Å². The van der Waals surface area contributed by atoms with Crippen molar-refractivity contribution in [3.05, 3.63) is 5.01 Å². The topological polar surface area (TPSA) is 75.2 Å². The average Bonchev–Trinajstić information content (AvgIpc) is 2.88. The third kappa shape index (κ3) is 4.39. The van der Waals surface area contributed by atoms with Crippen molar-refractivity contribution < 1.29 is 8.42 Å². The van der Waals surface area contributed by atoms with Crippen LogP contribution in [0.15, 0.2) is 0 Å². The maximum Gasteiger partial charge on any atom is 0.214 e. The molecule has 0 bridgehead atoms. The van der Waals surface area contributed by atoms with Gasteiger partial charge >= 0.3 is 0 Å². The van der Waals surface area contributed by atoms with Crippen molar-refractivity contribution in [2.45, 2.75) is 58.4 Å². The molecule has 0 aliphatic carbocycles. The van der Waals surface area contributed by atoms with Crippen LogP contribution in [0.3, 0.4) is 0 Å². The Kier molecular flexibility index (Phi) is 5.45. The van der Waals surface area contributed by atoms with E-state index in [0.717, 1.165) is 23.0 Å². The van der Waals surface area contributed by atoms with Crippen LogP contribution in [0.25, 0.3) is 0 Å². The van der Waals surface area contributed by atoms with Gasteiger partial charge in [-0.25, -0.2) is 12.7 Å². The molecule has 1 fully saturated rings. The fraction of sp³-hybridized carbons (Fsp3) is 0.857. The van der Waals surface area contributed by atoms with Gasteiger partial charge in [0, 0.05) is 24.5 Å². The van der Waals surface area contributed by atoms with E-state index in [2.05, 4.69) is 36.3 Å². The molecule has 0 unspecified atom stereocenters. The fourth-order valence-electron chi connectivity index (χ4n) is 2.42. The van der Waals surface area contributed by atoms with Gasteiger partial charge < -0.3 is 5.32 Å². The molecule has 6 nitrogen and oxygen atoms in total. The summed E-state index contributed by atoms with van der Waals surface area (Å²) in [7, 11) is -3.06. The molecular formula is C14H26N4O2S2. The van der Waals surface area contributed by atoms with Crippen molar-refractivity contribution in [1.82, 2.24) is 14.5 Å². The molecule has 2 heterocycles. The first-order valence-electron chi connectivity index (χ1n) is 7.80. The van der Waals surface area contributed by atoms with E-state index >= 15 is 0 Å². The lowest BCUT2D eigenvalue weighted by Gasteiger charge is -2.31. The molecule has 2 rings (SSSR count). The Hall–Kier alpha value is -0.730. The minimum Gasteiger partial charge on any atom is -0.357 e. The molecule has 1 aromatic rings. The molecule has 1 aliphatic heterocycles. The van der Waals surface area contributed by atoms with Gasteiger partial charge in [-0.2, -0.15) is 0 Å². The van der Waals surface area contributed by atoms with Gasteiger partial charge in [0.2, 0.25) is 15.2 Å². The lowest BCUT2D eigenvalue weighted by molar-refractivity contribution is 0.329. The second kappa shape index (κ2) is 6.80. The van der Waals surface area contributed by atoms with E-state index in [-0.39, 0.29) is 17.2 Å². The Morgan fingerprint density at radius 1 is 1.27 bits per heavy atom. The predicted octanol–water partition coefficient (Wildman–Crippen LogP) is 2.45. The SMILES string of the molecule is CCCS(=O)(=O)N1CCC(Nc2nnc(C(C)(C)C)s2)CC1. The zero-order valence-electron chi connectivity index (χ0n) is 13.8. The molecule has 0 amide bonds. The third-order valence-corrected chi connectivity index (χ3v) is 7.06. The summed E-state index contributed by atoms with van der Waals surface area (Å²) in [4.78, 5) is 0. The van der Waals surface area contributed by atoms with Gasteiger partial charge in [-0.3, -0.25) is 0 Å². The molecule has 0 aromatic carbocycles. The molecular weight excluding hydrogens is 320 g/mol. The summed E-state index contributed by atoms with van der Waals surface area (Å²) in [5.74, 6) is 0.246. The first-order valence-corrected chi connectivity index (χ1v) is 10.2. The maximum atomic E-state index is 12.0. The number of hydrogen-bond donors (Lipinski definition) is 1. The van der Waals surface area contributed by atoms with Gasteiger partial charge in [0.25, 0.3) is 0 Å². The number of hydrogen-bond acceptors (Lipinski definition) is 6. The van der Waals surface area contributed by atoms with Crippen molar-refractivity contribution in [3.8, 4) is 0 Å². The van der Waals surface area contributed by atoms with Crippen LogP contribution in [0.5, 0.6) is 0 Å². The van der Waals surface area contributed by atoms with E-state index in [9.17, 15) is 8.42 Å². The monoisotopic (exact) mass is 346 g/mol. The molecule has 0 atom stereocenters. The molecule has 8 heteroatoms. The summed E-state index contributed by atoms with van der Waals surface area (Å²) in [5.41, 5.74) is 0.00912. The van der Waals surface area contributed by atoms with E-state index < -0.39 is 10.0 Å². The van der Waals surface area contributed by atoms with Crippen LogP contribution in [0.2, 0.25) is 0 Å². The molecule has 1 aliphatic rings. The lowest BCUT2D eigenvalue weighted by Crippen LogP contribution is -2.43. The first kappa shape index (κ1) is 17.6. The van der Waals surface area contributed by atoms with Crippen molar-refractivity contribution in [2.24, 2.45) is 0 Å². The van der Waals surface area contributed by atoms with Crippen LogP contribution in [-0.2, 0) is 15.4 Å². The minimum atomic E-state index is -3.06. The largest absolute Gasteiger partial charge is 0.357 e. The predicted molar refractivity (Wildman–Crippen MR) is 90.9 cm³/mol. The van der Waals surface area contributed by atoms with E-state index in [1.165, 1.54) is 0 Å². The molecule has 0 saturated carbocycles. The number of piperidine rings is 1. The summed E-state index contributed by atoms with van der Waals surface area (Å²) >= 11 is 1.58. The Morgan fingerprint density at radius 3 is 2.41 bits per heavy atom. The number of anilines is 1. The standard InChI is InChI=1S/C14H26N4O2S2/c1-5-10-22(19,20)18-8-6-11(7-9-18)15-13-17-16-12(21-13)14(2,3)4/h11H,5-10H2,1-4H3,(H,15,17). The second-order valence-electron chi connectivity index (χ2n) is 6.80. The van der Waals surface area contributed by atoms with Crippen LogP contribution < -0.4 is 5.32 Å². The molecule has 0 spiro atoms. The zero-order valence-corrected chi connectivity index (χ0v) is 15.4. The summed E-state index contributed by atoms with van der Waals surface area (Å²) in [6, 6.07) is 0.272. The van der Waals surface area contributed by atoms with Gasteiger partial charge in [0.1, 0.15) is 5.01 Å². The van der Waals surface area contributed by atoms with Crippen molar-refractivity contribution in [1.29, 1.82) is 0 Å². The van der Waals surface area contributed by atoms with Gasteiger partial charge in [-0.05, 0) is 19.3 Å². The van der Waals surface area contributed by atoms with Crippen LogP contribution >= 0.6 is 11.3 Å². The summed E-state index contributed by atoms with van der Waals surface area (Å²) in [5, 5.41) is 13.7. The number of nitrogens with one attached hydrogen (secondary N) is 1.